The van der Waals surface area contributed by atoms with Gasteiger partial charge in [-0.05, 0) is 35.9 Å². The molecule has 5 nitrogen and oxygen atoms in total. The zero-order chi connectivity index (χ0) is 15.1. The lowest BCUT2D eigenvalue weighted by Gasteiger charge is -1.94. The van der Waals surface area contributed by atoms with Crippen molar-refractivity contribution < 1.29 is 14.7 Å². The van der Waals surface area contributed by atoms with Gasteiger partial charge in [0.15, 0.2) is 11.6 Å². The molecule has 0 radical (unpaired) electrons. The number of ketones is 2. The van der Waals surface area contributed by atoms with Crippen LogP contribution in [0.3, 0.4) is 0 Å². The number of nitrogens with zero attached hydrogens (tertiary/aromatic N) is 1. The van der Waals surface area contributed by atoms with E-state index in [1.807, 2.05) is 0 Å². The third-order valence-corrected chi connectivity index (χ3v) is 2.67. The van der Waals surface area contributed by atoms with E-state index in [0.29, 0.717) is 5.69 Å². The molecule has 21 heavy (non-hydrogen) atoms. The average Bonchev–Trinajstić information content (AvgIpc) is 2.98. The molecule has 1 aromatic heterocycles. The first kappa shape index (κ1) is 14.5. The SMILES string of the molecule is O=C(C=Cc1ccc(O)cc1)CC(=O)C=Cc1cnc[nH]1. The van der Waals surface area contributed by atoms with Crippen LogP contribution in [0.4, 0.5) is 0 Å². The van der Waals surface area contributed by atoms with Gasteiger partial charge in [0.2, 0.25) is 0 Å². The zero-order valence-electron chi connectivity index (χ0n) is 11.2. The molecule has 0 aliphatic carbocycles. The van der Waals surface area contributed by atoms with Crippen LogP contribution in [-0.4, -0.2) is 26.6 Å². The van der Waals surface area contributed by atoms with Crippen molar-refractivity contribution in [2.45, 2.75) is 6.42 Å². The number of phenols is 1. The Bertz CT molecular complexity index is 668. The van der Waals surface area contributed by atoms with Crippen molar-refractivity contribution in [2.75, 3.05) is 0 Å². The first-order chi connectivity index (χ1) is 10.1. The smallest absolute Gasteiger partial charge is 0.163 e. The first-order valence-corrected chi connectivity index (χ1v) is 6.33. The number of aromatic hydroxyl groups is 1. The summed E-state index contributed by atoms with van der Waals surface area (Å²) < 4.78 is 0. The van der Waals surface area contributed by atoms with Gasteiger partial charge in [0.1, 0.15) is 5.75 Å². The topological polar surface area (TPSA) is 83.0 Å². The van der Waals surface area contributed by atoms with Gasteiger partial charge in [0, 0.05) is 0 Å². The van der Waals surface area contributed by atoms with E-state index in [-0.39, 0.29) is 23.7 Å². The van der Waals surface area contributed by atoms with E-state index in [2.05, 4.69) is 9.97 Å². The Kier molecular flexibility index (Phi) is 4.82. The summed E-state index contributed by atoms with van der Waals surface area (Å²) in [7, 11) is 0. The largest absolute Gasteiger partial charge is 0.508 e. The fourth-order valence-corrected chi connectivity index (χ4v) is 1.60. The lowest BCUT2D eigenvalue weighted by Crippen LogP contribution is -2.01. The normalized spacial score (nSPS) is 11.2. The van der Waals surface area contributed by atoms with Crippen molar-refractivity contribution in [3.8, 4) is 5.75 Å². The van der Waals surface area contributed by atoms with Crippen LogP contribution >= 0.6 is 0 Å². The van der Waals surface area contributed by atoms with Crippen LogP contribution in [0.2, 0.25) is 0 Å². The fraction of sp³-hybridized carbons (Fsp3) is 0.0625. The molecule has 0 spiro atoms. The van der Waals surface area contributed by atoms with Crippen LogP contribution in [0.25, 0.3) is 12.2 Å². The van der Waals surface area contributed by atoms with Gasteiger partial charge in [-0.2, -0.15) is 0 Å². The predicted octanol–water partition coefficient (Wildman–Crippen LogP) is 2.37. The van der Waals surface area contributed by atoms with Crippen LogP contribution in [0.5, 0.6) is 5.75 Å². The van der Waals surface area contributed by atoms with E-state index in [9.17, 15) is 9.59 Å². The molecule has 0 unspecified atom stereocenters. The summed E-state index contributed by atoms with van der Waals surface area (Å²) in [6.45, 7) is 0. The van der Waals surface area contributed by atoms with Gasteiger partial charge in [0.25, 0.3) is 0 Å². The summed E-state index contributed by atoms with van der Waals surface area (Å²) in [5.41, 5.74) is 1.48. The molecule has 0 bridgehead atoms. The minimum Gasteiger partial charge on any atom is -0.508 e. The summed E-state index contributed by atoms with van der Waals surface area (Å²) in [5.74, 6) is -0.384. The Morgan fingerprint density at radius 3 is 2.38 bits per heavy atom. The Labute approximate surface area is 121 Å². The third kappa shape index (κ3) is 4.91. The summed E-state index contributed by atoms with van der Waals surface area (Å²) in [4.78, 5) is 29.9. The minimum absolute atomic E-state index is 0.164. The predicted molar refractivity (Wildman–Crippen MR) is 79.4 cm³/mol. The lowest BCUT2D eigenvalue weighted by atomic mass is 10.1. The Morgan fingerprint density at radius 1 is 1.10 bits per heavy atom. The highest BCUT2D eigenvalue weighted by molar-refractivity contribution is 6.10. The van der Waals surface area contributed by atoms with Crippen molar-refractivity contribution >= 4 is 23.7 Å². The van der Waals surface area contributed by atoms with Gasteiger partial charge in [-0.3, -0.25) is 9.59 Å². The number of aromatic amines is 1. The number of hydrogen-bond acceptors (Lipinski definition) is 4. The zero-order valence-corrected chi connectivity index (χ0v) is 11.2. The molecule has 0 atom stereocenters. The second kappa shape index (κ2) is 7.00. The number of rotatable bonds is 6. The minimum atomic E-state index is -0.276. The van der Waals surface area contributed by atoms with Gasteiger partial charge in [-0.25, -0.2) is 4.98 Å². The maximum atomic E-state index is 11.6. The summed E-state index contributed by atoms with van der Waals surface area (Å²) in [5, 5.41) is 9.14. The van der Waals surface area contributed by atoms with Crippen LogP contribution < -0.4 is 0 Å². The van der Waals surface area contributed by atoms with Crippen molar-refractivity contribution in [1.82, 2.24) is 9.97 Å². The Balaban J connectivity index is 1.86. The highest BCUT2D eigenvalue weighted by Crippen LogP contribution is 2.10. The fourth-order valence-electron chi connectivity index (χ4n) is 1.60. The van der Waals surface area contributed by atoms with Gasteiger partial charge in [0.05, 0.1) is 24.6 Å². The molecule has 0 aliphatic rings. The number of allylic oxidation sites excluding steroid dienone is 2. The van der Waals surface area contributed by atoms with Crippen molar-refractivity contribution in [1.29, 1.82) is 0 Å². The van der Waals surface area contributed by atoms with Crippen LogP contribution in [0, 0.1) is 0 Å². The molecule has 1 aromatic carbocycles. The molecule has 0 fully saturated rings. The van der Waals surface area contributed by atoms with Crippen molar-refractivity contribution in [3.63, 3.8) is 0 Å². The van der Waals surface area contributed by atoms with Crippen LogP contribution in [-0.2, 0) is 9.59 Å². The highest BCUT2D eigenvalue weighted by atomic mass is 16.3. The number of carbonyl (C=O) groups excluding carboxylic acids is 2. The Morgan fingerprint density at radius 2 is 1.76 bits per heavy atom. The number of H-pyrrole nitrogens is 1. The maximum Gasteiger partial charge on any atom is 0.163 e. The molecule has 0 aliphatic heterocycles. The summed E-state index contributed by atoms with van der Waals surface area (Å²) >= 11 is 0. The molecule has 2 rings (SSSR count). The molecule has 0 saturated heterocycles. The lowest BCUT2D eigenvalue weighted by molar-refractivity contribution is -0.121. The number of carbonyl (C=O) groups is 2. The van der Waals surface area contributed by atoms with Crippen LogP contribution in [0.15, 0.2) is 48.9 Å². The highest BCUT2D eigenvalue weighted by Gasteiger charge is 2.03. The molecular weight excluding hydrogens is 268 g/mol. The molecule has 5 heteroatoms. The first-order valence-electron chi connectivity index (χ1n) is 6.33. The Hall–Kier alpha value is -2.95. The second-order valence-corrected chi connectivity index (χ2v) is 4.37. The number of aromatic nitrogens is 2. The standard InChI is InChI=1S/C16H14N2O3/c19-14-5-1-12(2-6-14)3-7-15(20)9-16(21)8-4-13-10-17-11-18-13/h1-8,10-11,19H,9H2,(H,17,18). The van der Waals surface area contributed by atoms with Gasteiger partial charge in [-0.1, -0.05) is 18.2 Å². The molecule has 106 valence electrons. The molecule has 1 heterocycles. The van der Waals surface area contributed by atoms with Gasteiger partial charge in [-0.15, -0.1) is 0 Å². The molecule has 2 N–H and O–H groups in total. The van der Waals surface area contributed by atoms with E-state index in [1.54, 1.807) is 30.5 Å². The van der Waals surface area contributed by atoms with Gasteiger partial charge >= 0.3 is 0 Å². The molecular formula is C16H14N2O3. The van der Waals surface area contributed by atoms with Gasteiger partial charge < -0.3 is 10.1 Å². The van der Waals surface area contributed by atoms with E-state index in [4.69, 9.17) is 5.11 Å². The van der Waals surface area contributed by atoms with Crippen molar-refractivity contribution in [3.05, 3.63) is 60.2 Å². The maximum absolute atomic E-state index is 11.6. The molecule has 0 saturated carbocycles. The molecule has 0 amide bonds. The number of benzene rings is 1. The van der Waals surface area contributed by atoms with E-state index in [1.165, 1.54) is 30.6 Å². The third-order valence-electron chi connectivity index (χ3n) is 2.67. The number of phenolic OH excluding ortho intramolecular Hbond substituents is 1. The number of imidazole rings is 1. The average molecular weight is 282 g/mol. The second-order valence-electron chi connectivity index (χ2n) is 4.37. The number of hydrogen-bond donors (Lipinski definition) is 2. The van der Waals surface area contributed by atoms with E-state index in [0.717, 1.165) is 5.56 Å². The molecule has 2 aromatic rings. The summed E-state index contributed by atoms with van der Waals surface area (Å²) in [6, 6.07) is 6.42. The van der Waals surface area contributed by atoms with Crippen molar-refractivity contribution in [2.24, 2.45) is 0 Å². The van der Waals surface area contributed by atoms with E-state index >= 15 is 0 Å². The van der Waals surface area contributed by atoms with Crippen LogP contribution in [0.1, 0.15) is 17.7 Å². The van der Waals surface area contributed by atoms with E-state index < -0.39 is 0 Å². The monoisotopic (exact) mass is 282 g/mol. The number of nitrogens with one attached hydrogen (secondary N) is 1. The quantitative estimate of drug-likeness (QED) is 0.629. The summed E-state index contributed by atoms with van der Waals surface area (Å²) in [6.07, 6.45) is 8.79.